The Hall–Kier alpha value is -2.62. The second-order valence-corrected chi connectivity index (χ2v) is 4.47. The Bertz CT molecular complexity index is 592. The van der Waals surface area contributed by atoms with Gasteiger partial charge in [0.1, 0.15) is 0 Å². The Morgan fingerprint density at radius 3 is 2.45 bits per heavy atom. The van der Waals surface area contributed by atoms with Crippen molar-refractivity contribution in [3.8, 4) is 0 Å². The Morgan fingerprint density at radius 2 is 1.85 bits per heavy atom. The molecule has 102 valence electrons. The largest absolute Gasteiger partial charge is 0.478 e. The standard InChI is InChI=1S/C16H16N2O2/c1-18(12-14-8-10-17-11-9-14)15-5-2-13(3-6-15)4-7-16(19)20/h2-11H,12H2,1H3,(H,19,20)/b7-4+. The van der Waals surface area contributed by atoms with E-state index in [1.807, 2.05) is 43.4 Å². The van der Waals surface area contributed by atoms with Crippen molar-refractivity contribution in [2.75, 3.05) is 11.9 Å². The van der Waals surface area contributed by atoms with E-state index in [-0.39, 0.29) is 0 Å². The van der Waals surface area contributed by atoms with Gasteiger partial charge in [0.15, 0.2) is 0 Å². The minimum atomic E-state index is -0.941. The fourth-order valence-electron chi connectivity index (χ4n) is 1.86. The van der Waals surface area contributed by atoms with Gasteiger partial charge in [0.2, 0.25) is 0 Å². The van der Waals surface area contributed by atoms with Crippen LogP contribution in [0, 0.1) is 0 Å². The monoisotopic (exact) mass is 268 g/mol. The Labute approximate surface area is 118 Å². The normalized spacial score (nSPS) is 10.7. The van der Waals surface area contributed by atoms with Gasteiger partial charge in [-0.25, -0.2) is 4.79 Å². The number of nitrogens with zero attached hydrogens (tertiary/aromatic N) is 2. The summed E-state index contributed by atoms with van der Waals surface area (Å²) in [6.45, 7) is 0.798. The molecule has 0 spiro atoms. The molecule has 0 amide bonds. The maximum absolute atomic E-state index is 10.5. The summed E-state index contributed by atoms with van der Waals surface area (Å²) in [5.41, 5.74) is 3.14. The lowest BCUT2D eigenvalue weighted by Gasteiger charge is -2.19. The summed E-state index contributed by atoms with van der Waals surface area (Å²) in [6, 6.07) is 11.7. The summed E-state index contributed by atoms with van der Waals surface area (Å²) in [4.78, 5) is 16.6. The summed E-state index contributed by atoms with van der Waals surface area (Å²) in [7, 11) is 2.02. The van der Waals surface area contributed by atoms with Crippen LogP contribution in [0.2, 0.25) is 0 Å². The molecule has 0 atom stereocenters. The van der Waals surface area contributed by atoms with Crippen molar-refractivity contribution in [3.63, 3.8) is 0 Å². The van der Waals surface area contributed by atoms with E-state index < -0.39 is 5.97 Å². The maximum atomic E-state index is 10.5. The van der Waals surface area contributed by atoms with Crippen molar-refractivity contribution in [3.05, 3.63) is 66.0 Å². The molecule has 1 heterocycles. The van der Waals surface area contributed by atoms with Gasteiger partial charge < -0.3 is 10.0 Å². The number of pyridine rings is 1. The smallest absolute Gasteiger partial charge is 0.328 e. The van der Waals surface area contributed by atoms with Crippen LogP contribution in [0.4, 0.5) is 5.69 Å². The first-order valence-electron chi connectivity index (χ1n) is 6.26. The Balaban J connectivity index is 2.04. The number of carboxylic acids is 1. The third kappa shape index (κ3) is 3.95. The zero-order valence-corrected chi connectivity index (χ0v) is 11.2. The first-order chi connectivity index (χ1) is 9.65. The van der Waals surface area contributed by atoms with Crippen molar-refractivity contribution in [1.82, 2.24) is 4.98 Å². The highest BCUT2D eigenvalue weighted by molar-refractivity contribution is 5.85. The molecular weight excluding hydrogens is 252 g/mol. The molecule has 0 radical (unpaired) electrons. The number of benzene rings is 1. The van der Waals surface area contributed by atoms with Gasteiger partial charge in [-0.1, -0.05) is 12.1 Å². The molecule has 0 bridgehead atoms. The fraction of sp³-hybridized carbons (Fsp3) is 0.125. The highest BCUT2D eigenvalue weighted by Gasteiger charge is 2.01. The van der Waals surface area contributed by atoms with Gasteiger partial charge in [0, 0.05) is 37.7 Å². The second-order valence-electron chi connectivity index (χ2n) is 4.47. The van der Waals surface area contributed by atoms with E-state index in [0.717, 1.165) is 23.9 Å². The zero-order valence-electron chi connectivity index (χ0n) is 11.2. The van der Waals surface area contributed by atoms with Crippen LogP contribution in [-0.2, 0) is 11.3 Å². The third-order valence-electron chi connectivity index (χ3n) is 2.92. The quantitative estimate of drug-likeness (QED) is 0.847. The molecule has 0 aliphatic rings. The predicted molar refractivity (Wildman–Crippen MR) is 79.5 cm³/mol. The number of hydrogen-bond donors (Lipinski definition) is 1. The molecule has 1 aromatic heterocycles. The molecule has 0 aliphatic heterocycles. The van der Waals surface area contributed by atoms with E-state index >= 15 is 0 Å². The summed E-state index contributed by atoms with van der Waals surface area (Å²) in [6.07, 6.45) is 6.27. The molecule has 0 aliphatic carbocycles. The first kappa shape index (κ1) is 13.8. The number of aromatic nitrogens is 1. The lowest BCUT2D eigenvalue weighted by Crippen LogP contribution is -2.16. The van der Waals surface area contributed by atoms with Crippen molar-refractivity contribution in [2.45, 2.75) is 6.54 Å². The molecule has 0 unspecified atom stereocenters. The molecule has 4 heteroatoms. The van der Waals surface area contributed by atoms with Crippen molar-refractivity contribution in [1.29, 1.82) is 0 Å². The van der Waals surface area contributed by atoms with Gasteiger partial charge in [-0.15, -0.1) is 0 Å². The minimum absolute atomic E-state index is 0.798. The zero-order chi connectivity index (χ0) is 14.4. The lowest BCUT2D eigenvalue weighted by atomic mass is 10.1. The topological polar surface area (TPSA) is 53.4 Å². The van der Waals surface area contributed by atoms with E-state index in [0.29, 0.717) is 0 Å². The van der Waals surface area contributed by atoms with Crippen LogP contribution < -0.4 is 4.90 Å². The van der Waals surface area contributed by atoms with Gasteiger partial charge >= 0.3 is 5.97 Å². The number of aliphatic carboxylic acids is 1. The first-order valence-corrected chi connectivity index (χ1v) is 6.26. The van der Waals surface area contributed by atoms with Gasteiger partial charge in [-0.05, 0) is 41.5 Å². The van der Waals surface area contributed by atoms with Crippen LogP contribution in [0.3, 0.4) is 0 Å². The molecule has 20 heavy (non-hydrogen) atoms. The Kier molecular flexibility index (Phi) is 4.50. The number of hydrogen-bond acceptors (Lipinski definition) is 3. The molecule has 4 nitrogen and oxygen atoms in total. The number of rotatable bonds is 5. The Morgan fingerprint density at radius 1 is 1.20 bits per heavy atom. The van der Waals surface area contributed by atoms with Gasteiger partial charge in [0.05, 0.1) is 0 Å². The number of carbonyl (C=O) groups is 1. The van der Waals surface area contributed by atoms with E-state index in [1.54, 1.807) is 18.5 Å². The molecule has 2 aromatic rings. The van der Waals surface area contributed by atoms with E-state index in [1.165, 1.54) is 5.56 Å². The lowest BCUT2D eigenvalue weighted by molar-refractivity contribution is -0.131. The molecule has 0 saturated carbocycles. The SMILES string of the molecule is CN(Cc1ccncc1)c1ccc(/C=C/C(=O)O)cc1. The second kappa shape index (κ2) is 6.52. The molecule has 1 aromatic carbocycles. The van der Waals surface area contributed by atoms with E-state index in [2.05, 4.69) is 9.88 Å². The van der Waals surface area contributed by atoms with Gasteiger partial charge in [-0.3, -0.25) is 4.98 Å². The molecule has 0 saturated heterocycles. The van der Waals surface area contributed by atoms with Gasteiger partial charge in [-0.2, -0.15) is 0 Å². The summed E-state index contributed by atoms with van der Waals surface area (Å²) < 4.78 is 0. The van der Waals surface area contributed by atoms with Crippen molar-refractivity contribution in [2.24, 2.45) is 0 Å². The van der Waals surface area contributed by atoms with Crippen LogP contribution in [0.5, 0.6) is 0 Å². The predicted octanol–water partition coefficient (Wildman–Crippen LogP) is 2.82. The molecule has 0 fully saturated rings. The maximum Gasteiger partial charge on any atom is 0.328 e. The average Bonchev–Trinajstić information content (AvgIpc) is 2.46. The third-order valence-corrected chi connectivity index (χ3v) is 2.92. The highest BCUT2D eigenvalue weighted by Crippen LogP contribution is 2.16. The summed E-state index contributed by atoms with van der Waals surface area (Å²) >= 11 is 0. The van der Waals surface area contributed by atoms with Crippen LogP contribution in [-0.4, -0.2) is 23.1 Å². The van der Waals surface area contributed by atoms with Crippen LogP contribution >= 0.6 is 0 Å². The number of carboxylic acid groups (broad SMARTS) is 1. The van der Waals surface area contributed by atoms with Gasteiger partial charge in [0.25, 0.3) is 0 Å². The summed E-state index contributed by atoms with van der Waals surface area (Å²) in [5, 5.41) is 8.58. The van der Waals surface area contributed by atoms with Crippen LogP contribution in [0.1, 0.15) is 11.1 Å². The van der Waals surface area contributed by atoms with E-state index in [9.17, 15) is 4.79 Å². The van der Waals surface area contributed by atoms with E-state index in [4.69, 9.17) is 5.11 Å². The molecular formula is C16H16N2O2. The van der Waals surface area contributed by atoms with Crippen molar-refractivity contribution >= 4 is 17.7 Å². The number of anilines is 1. The molecule has 1 N–H and O–H groups in total. The summed E-state index contributed by atoms with van der Waals surface area (Å²) in [5.74, 6) is -0.941. The van der Waals surface area contributed by atoms with Crippen molar-refractivity contribution < 1.29 is 9.90 Å². The minimum Gasteiger partial charge on any atom is -0.478 e. The highest BCUT2D eigenvalue weighted by atomic mass is 16.4. The average molecular weight is 268 g/mol. The van der Waals surface area contributed by atoms with Crippen LogP contribution in [0.25, 0.3) is 6.08 Å². The van der Waals surface area contributed by atoms with Crippen LogP contribution in [0.15, 0.2) is 54.9 Å². The molecule has 2 rings (SSSR count). The fourth-order valence-corrected chi connectivity index (χ4v) is 1.86.